The van der Waals surface area contributed by atoms with Gasteiger partial charge in [-0.1, -0.05) is 27.2 Å². The van der Waals surface area contributed by atoms with Crippen molar-refractivity contribution >= 4 is 12.0 Å². The van der Waals surface area contributed by atoms with Crippen LogP contribution in [0.3, 0.4) is 0 Å². The molecule has 1 saturated heterocycles. The molecule has 0 saturated carbocycles. The predicted molar refractivity (Wildman–Crippen MR) is 74.0 cm³/mol. The molecule has 1 aliphatic rings. The number of hydrogen-bond donors (Lipinski definition) is 2. The third-order valence-electron chi connectivity index (χ3n) is 4.12. The summed E-state index contributed by atoms with van der Waals surface area (Å²) in [6.45, 7) is 6.59. The minimum Gasteiger partial charge on any atom is -0.480 e. The highest BCUT2D eigenvalue weighted by Gasteiger charge is 2.30. The fourth-order valence-electron chi connectivity index (χ4n) is 2.59. The first-order valence-electron chi connectivity index (χ1n) is 7.31. The van der Waals surface area contributed by atoms with Crippen LogP contribution in [0.4, 0.5) is 4.79 Å². The maximum absolute atomic E-state index is 12.3. The largest absolute Gasteiger partial charge is 0.480 e. The Morgan fingerprint density at radius 2 is 2.05 bits per heavy atom. The molecule has 0 aromatic rings. The van der Waals surface area contributed by atoms with Crippen molar-refractivity contribution in [1.29, 1.82) is 0 Å². The number of hydrogen-bond acceptors (Lipinski definition) is 2. The van der Waals surface area contributed by atoms with Crippen LogP contribution in [0.2, 0.25) is 0 Å². The van der Waals surface area contributed by atoms with Crippen LogP contribution in [-0.4, -0.2) is 40.6 Å². The molecule has 0 spiro atoms. The second-order valence-electron chi connectivity index (χ2n) is 5.40. The summed E-state index contributed by atoms with van der Waals surface area (Å²) >= 11 is 0. The number of rotatable bonds is 5. The van der Waals surface area contributed by atoms with E-state index in [0.29, 0.717) is 0 Å². The molecular weight excluding hydrogens is 244 g/mol. The molecule has 0 radical (unpaired) electrons. The fraction of sp³-hybridized carbons (Fsp3) is 0.857. The maximum atomic E-state index is 12.3. The van der Waals surface area contributed by atoms with Crippen molar-refractivity contribution < 1.29 is 14.7 Å². The van der Waals surface area contributed by atoms with Crippen molar-refractivity contribution in [3.63, 3.8) is 0 Å². The highest BCUT2D eigenvalue weighted by atomic mass is 16.4. The van der Waals surface area contributed by atoms with Gasteiger partial charge in [-0.3, -0.25) is 0 Å². The number of urea groups is 1. The first-order valence-corrected chi connectivity index (χ1v) is 7.31. The Labute approximate surface area is 115 Å². The zero-order valence-corrected chi connectivity index (χ0v) is 12.2. The van der Waals surface area contributed by atoms with Crippen LogP contribution in [0, 0.1) is 5.92 Å². The number of amides is 2. The van der Waals surface area contributed by atoms with Crippen molar-refractivity contribution in [2.24, 2.45) is 5.92 Å². The van der Waals surface area contributed by atoms with Gasteiger partial charge in [0.05, 0.1) is 0 Å². The lowest BCUT2D eigenvalue weighted by Gasteiger charge is -2.36. The van der Waals surface area contributed by atoms with E-state index in [0.717, 1.165) is 38.6 Å². The molecule has 5 nitrogen and oxygen atoms in total. The molecule has 3 atom stereocenters. The number of likely N-dealkylation sites (tertiary alicyclic amines) is 1. The summed E-state index contributed by atoms with van der Waals surface area (Å²) in [4.78, 5) is 25.3. The van der Waals surface area contributed by atoms with Crippen molar-refractivity contribution in [2.45, 2.75) is 65.0 Å². The minimum atomic E-state index is -0.951. The van der Waals surface area contributed by atoms with Gasteiger partial charge in [0, 0.05) is 12.6 Å². The van der Waals surface area contributed by atoms with Crippen LogP contribution in [0.25, 0.3) is 0 Å². The second-order valence-corrected chi connectivity index (χ2v) is 5.40. The number of aliphatic carboxylic acids is 1. The average molecular weight is 270 g/mol. The SMILES string of the molecule is CCC(C)C(NC(=O)N1CCCCC1CC)C(=O)O. The van der Waals surface area contributed by atoms with Gasteiger partial charge in [0.25, 0.3) is 0 Å². The van der Waals surface area contributed by atoms with Gasteiger partial charge in [-0.15, -0.1) is 0 Å². The first-order chi connectivity index (χ1) is 9.01. The molecule has 1 heterocycles. The highest BCUT2D eigenvalue weighted by Crippen LogP contribution is 2.20. The fourth-order valence-corrected chi connectivity index (χ4v) is 2.59. The van der Waals surface area contributed by atoms with E-state index in [1.165, 1.54) is 0 Å². The molecular formula is C14H26N2O3. The minimum absolute atomic E-state index is 0.0636. The lowest BCUT2D eigenvalue weighted by molar-refractivity contribution is -0.140. The van der Waals surface area contributed by atoms with Crippen molar-refractivity contribution in [2.75, 3.05) is 6.54 Å². The Morgan fingerprint density at radius 3 is 2.58 bits per heavy atom. The van der Waals surface area contributed by atoms with Gasteiger partial charge >= 0.3 is 12.0 Å². The summed E-state index contributed by atoms with van der Waals surface area (Å²) in [5.74, 6) is -1.01. The molecule has 0 bridgehead atoms. The third-order valence-corrected chi connectivity index (χ3v) is 4.12. The number of carboxylic acids is 1. The quantitative estimate of drug-likeness (QED) is 0.806. The van der Waals surface area contributed by atoms with E-state index in [4.69, 9.17) is 0 Å². The summed E-state index contributed by atoms with van der Waals surface area (Å²) in [6.07, 6.45) is 4.83. The predicted octanol–water partition coefficient (Wildman–Crippen LogP) is 2.46. The van der Waals surface area contributed by atoms with Crippen LogP contribution in [0.5, 0.6) is 0 Å². The van der Waals surface area contributed by atoms with Crippen molar-refractivity contribution in [1.82, 2.24) is 10.2 Å². The summed E-state index contributed by atoms with van der Waals surface area (Å²) in [7, 11) is 0. The van der Waals surface area contributed by atoms with E-state index in [1.807, 2.05) is 18.7 Å². The van der Waals surface area contributed by atoms with Gasteiger partial charge in [0.2, 0.25) is 0 Å². The maximum Gasteiger partial charge on any atom is 0.326 e. The summed E-state index contributed by atoms with van der Waals surface area (Å²) in [5.41, 5.74) is 0. The normalized spacial score (nSPS) is 22.7. The van der Waals surface area contributed by atoms with Crippen LogP contribution in [0.1, 0.15) is 52.9 Å². The monoisotopic (exact) mass is 270 g/mol. The smallest absolute Gasteiger partial charge is 0.326 e. The molecule has 0 aromatic carbocycles. The molecule has 0 aromatic heterocycles. The van der Waals surface area contributed by atoms with Gasteiger partial charge < -0.3 is 15.3 Å². The third kappa shape index (κ3) is 4.11. The molecule has 1 rings (SSSR count). The first kappa shape index (κ1) is 15.8. The molecule has 1 aliphatic heterocycles. The molecule has 110 valence electrons. The Hall–Kier alpha value is -1.26. The van der Waals surface area contributed by atoms with Gasteiger partial charge in [0.15, 0.2) is 0 Å². The van der Waals surface area contributed by atoms with Crippen molar-refractivity contribution in [3.05, 3.63) is 0 Å². The van der Waals surface area contributed by atoms with Crippen LogP contribution < -0.4 is 5.32 Å². The molecule has 1 fully saturated rings. The van der Waals surface area contributed by atoms with Gasteiger partial charge in [-0.25, -0.2) is 9.59 Å². The summed E-state index contributed by atoms with van der Waals surface area (Å²) in [6, 6.07) is -0.767. The summed E-state index contributed by atoms with van der Waals surface area (Å²) in [5, 5.41) is 11.9. The Bertz CT molecular complexity index is 320. The van der Waals surface area contributed by atoms with E-state index in [-0.39, 0.29) is 18.0 Å². The van der Waals surface area contributed by atoms with Gasteiger partial charge in [-0.2, -0.15) is 0 Å². The van der Waals surface area contributed by atoms with Crippen LogP contribution in [-0.2, 0) is 4.79 Å². The number of nitrogens with one attached hydrogen (secondary N) is 1. The second kappa shape index (κ2) is 7.36. The highest BCUT2D eigenvalue weighted by molar-refractivity contribution is 5.83. The average Bonchev–Trinajstić information content (AvgIpc) is 2.43. The Balaban J connectivity index is 2.67. The summed E-state index contributed by atoms with van der Waals surface area (Å²) < 4.78 is 0. The van der Waals surface area contributed by atoms with Gasteiger partial charge in [-0.05, 0) is 31.6 Å². The van der Waals surface area contributed by atoms with E-state index in [2.05, 4.69) is 12.2 Å². The number of carboxylic acid groups (broad SMARTS) is 1. The van der Waals surface area contributed by atoms with E-state index in [9.17, 15) is 14.7 Å². The van der Waals surface area contributed by atoms with Crippen LogP contribution >= 0.6 is 0 Å². The molecule has 3 unspecified atom stereocenters. The van der Waals surface area contributed by atoms with Crippen LogP contribution in [0.15, 0.2) is 0 Å². The number of carbonyl (C=O) groups excluding carboxylic acids is 1. The van der Waals surface area contributed by atoms with E-state index < -0.39 is 12.0 Å². The molecule has 0 aliphatic carbocycles. The van der Waals surface area contributed by atoms with Crippen molar-refractivity contribution in [3.8, 4) is 0 Å². The number of nitrogens with zero attached hydrogens (tertiary/aromatic N) is 1. The topological polar surface area (TPSA) is 69.6 Å². The number of piperidine rings is 1. The lowest BCUT2D eigenvalue weighted by Crippen LogP contribution is -2.54. The molecule has 2 amide bonds. The van der Waals surface area contributed by atoms with E-state index >= 15 is 0 Å². The van der Waals surface area contributed by atoms with Gasteiger partial charge in [0.1, 0.15) is 6.04 Å². The lowest BCUT2D eigenvalue weighted by atomic mass is 9.98. The molecule has 5 heteroatoms. The van der Waals surface area contributed by atoms with E-state index in [1.54, 1.807) is 0 Å². The standard InChI is InChI=1S/C14H26N2O3/c1-4-10(3)12(13(17)18)15-14(19)16-9-7-6-8-11(16)5-2/h10-12H,4-9H2,1-3H3,(H,15,19)(H,17,18). The number of carbonyl (C=O) groups is 2. The zero-order valence-electron chi connectivity index (χ0n) is 12.2. The molecule has 19 heavy (non-hydrogen) atoms. The zero-order chi connectivity index (χ0) is 14.4. The molecule has 2 N–H and O–H groups in total. The Morgan fingerprint density at radius 1 is 1.37 bits per heavy atom. The Kier molecular flexibility index (Phi) is 6.12.